The summed E-state index contributed by atoms with van der Waals surface area (Å²) in [4.78, 5) is 18.1. The van der Waals surface area contributed by atoms with Crippen LogP contribution in [0.1, 0.15) is 59.3 Å². The molecule has 3 rings (SSSR count). The number of nitrogens with zero attached hydrogens (tertiary/aromatic N) is 2. The molecule has 26 heavy (non-hydrogen) atoms. The van der Waals surface area contributed by atoms with Crippen molar-refractivity contribution in [3.63, 3.8) is 0 Å². The van der Waals surface area contributed by atoms with Crippen molar-refractivity contribution in [2.24, 2.45) is 0 Å². The van der Waals surface area contributed by atoms with Crippen LogP contribution in [0, 0.1) is 20.8 Å². The van der Waals surface area contributed by atoms with Gasteiger partial charge in [-0.25, -0.2) is 0 Å². The van der Waals surface area contributed by atoms with Gasteiger partial charge in [-0.15, -0.1) is 0 Å². The molecule has 2 heterocycles. The van der Waals surface area contributed by atoms with E-state index in [2.05, 4.69) is 61.9 Å². The molecule has 0 aliphatic rings. The lowest BCUT2D eigenvalue weighted by molar-refractivity contribution is 0.0778. The van der Waals surface area contributed by atoms with Gasteiger partial charge in [0, 0.05) is 23.4 Å². The molecule has 138 valence electrons. The molecule has 0 radical (unpaired) electrons. The van der Waals surface area contributed by atoms with Crippen LogP contribution in [0.25, 0.3) is 10.9 Å². The molecular formula is C21H28N4O. The van der Waals surface area contributed by atoms with Gasteiger partial charge in [-0.05, 0) is 43.5 Å². The third kappa shape index (κ3) is 3.14. The molecule has 5 heteroatoms. The van der Waals surface area contributed by atoms with E-state index < -0.39 is 0 Å². The number of H-pyrrole nitrogens is 2. The summed E-state index contributed by atoms with van der Waals surface area (Å²) in [5.41, 5.74) is 6.99. The van der Waals surface area contributed by atoms with Gasteiger partial charge in [0.15, 0.2) is 0 Å². The van der Waals surface area contributed by atoms with Crippen LogP contribution >= 0.6 is 0 Å². The van der Waals surface area contributed by atoms with Crippen LogP contribution in [0.5, 0.6) is 0 Å². The predicted octanol–water partition coefficient (Wildman–Crippen LogP) is 4.39. The number of aromatic nitrogens is 3. The van der Waals surface area contributed by atoms with Gasteiger partial charge in [-0.1, -0.05) is 32.9 Å². The smallest absolute Gasteiger partial charge is 0.270 e. The summed E-state index contributed by atoms with van der Waals surface area (Å²) in [7, 11) is 1.82. The molecule has 5 nitrogen and oxygen atoms in total. The quantitative estimate of drug-likeness (QED) is 0.734. The zero-order chi connectivity index (χ0) is 19.2. The number of fused-ring (bicyclic) bond motifs is 1. The number of aromatic amines is 2. The molecule has 3 aromatic rings. The lowest BCUT2D eigenvalue weighted by atomic mass is 9.92. The zero-order valence-corrected chi connectivity index (χ0v) is 16.7. The Hall–Kier alpha value is -2.56. The summed E-state index contributed by atoms with van der Waals surface area (Å²) in [5.74, 6) is -0.00981. The van der Waals surface area contributed by atoms with Crippen LogP contribution in [-0.2, 0) is 12.0 Å². The zero-order valence-electron chi connectivity index (χ0n) is 16.7. The van der Waals surface area contributed by atoms with Gasteiger partial charge in [0.2, 0.25) is 0 Å². The number of nitrogens with one attached hydrogen (secondary N) is 2. The molecule has 2 aromatic heterocycles. The second kappa shape index (κ2) is 6.31. The summed E-state index contributed by atoms with van der Waals surface area (Å²) in [6.45, 7) is 13.0. The molecule has 1 aromatic carbocycles. The maximum Gasteiger partial charge on any atom is 0.270 e. The van der Waals surface area contributed by atoms with Crippen molar-refractivity contribution in [1.82, 2.24) is 20.1 Å². The topological polar surface area (TPSA) is 64.8 Å². The van der Waals surface area contributed by atoms with E-state index in [1.54, 1.807) is 4.90 Å². The van der Waals surface area contributed by atoms with Crippen molar-refractivity contribution in [2.45, 2.75) is 53.5 Å². The van der Waals surface area contributed by atoms with Crippen LogP contribution in [-0.4, -0.2) is 33.0 Å². The molecular weight excluding hydrogens is 324 g/mol. The van der Waals surface area contributed by atoms with E-state index in [9.17, 15) is 4.79 Å². The van der Waals surface area contributed by atoms with Crippen LogP contribution in [0.3, 0.4) is 0 Å². The van der Waals surface area contributed by atoms with Crippen LogP contribution in [0.2, 0.25) is 0 Å². The lowest BCUT2D eigenvalue weighted by Gasteiger charge is -2.16. The van der Waals surface area contributed by atoms with Gasteiger partial charge in [0.05, 0.1) is 17.9 Å². The van der Waals surface area contributed by atoms with Crippen molar-refractivity contribution in [3.8, 4) is 0 Å². The number of rotatable bonds is 3. The fourth-order valence-corrected chi connectivity index (χ4v) is 3.36. The highest BCUT2D eigenvalue weighted by Gasteiger charge is 2.22. The van der Waals surface area contributed by atoms with Crippen molar-refractivity contribution in [2.75, 3.05) is 7.05 Å². The highest BCUT2D eigenvalue weighted by molar-refractivity contribution is 6.02. The molecule has 0 aliphatic heterocycles. The van der Waals surface area contributed by atoms with Gasteiger partial charge in [0.1, 0.15) is 5.69 Å². The van der Waals surface area contributed by atoms with E-state index in [4.69, 9.17) is 0 Å². The van der Waals surface area contributed by atoms with Gasteiger partial charge in [-0.3, -0.25) is 9.89 Å². The average Bonchev–Trinajstić information content (AvgIpc) is 3.15. The summed E-state index contributed by atoms with van der Waals surface area (Å²) in [6.07, 6.45) is 0. The molecule has 0 atom stereocenters. The third-order valence-electron chi connectivity index (χ3n) is 4.99. The minimum Gasteiger partial charge on any atom is -0.350 e. The molecule has 0 saturated heterocycles. The monoisotopic (exact) mass is 352 g/mol. The first kappa shape index (κ1) is 18.2. The second-order valence-corrected chi connectivity index (χ2v) is 8.26. The average molecular weight is 352 g/mol. The number of carbonyl (C=O) groups excluding carboxylic acids is 1. The van der Waals surface area contributed by atoms with Gasteiger partial charge in [-0.2, -0.15) is 5.10 Å². The van der Waals surface area contributed by atoms with E-state index >= 15 is 0 Å². The number of amides is 1. The minimum atomic E-state index is -0.0137. The van der Waals surface area contributed by atoms with Crippen molar-refractivity contribution >= 4 is 16.8 Å². The Bertz CT molecular complexity index is 972. The van der Waals surface area contributed by atoms with Crippen LogP contribution in [0.15, 0.2) is 18.2 Å². The largest absolute Gasteiger partial charge is 0.350 e. The van der Waals surface area contributed by atoms with Crippen molar-refractivity contribution < 1.29 is 4.79 Å². The fourth-order valence-electron chi connectivity index (χ4n) is 3.36. The molecule has 0 fully saturated rings. The summed E-state index contributed by atoms with van der Waals surface area (Å²) >= 11 is 0. The first-order chi connectivity index (χ1) is 12.1. The van der Waals surface area contributed by atoms with E-state index in [0.717, 1.165) is 33.4 Å². The van der Waals surface area contributed by atoms with Crippen molar-refractivity contribution in [1.29, 1.82) is 0 Å². The molecule has 0 bridgehead atoms. The minimum absolute atomic E-state index is 0.00981. The Morgan fingerprint density at radius 1 is 1.15 bits per heavy atom. The van der Waals surface area contributed by atoms with Crippen LogP contribution < -0.4 is 0 Å². The maximum atomic E-state index is 13.0. The Morgan fingerprint density at radius 2 is 1.81 bits per heavy atom. The summed E-state index contributed by atoms with van der Waals surface area (Å²) in [6, 6.07) is 6.23. The number of carbonyl (C=O) groups is 1. The van der Waals surface area contributed by atoms with E-state index in [0.29, 0.717) is 12.2 Å². The molecule has 0 spiro atoms. The predicted molar refractivity (Wildman–Crippen MR) is 106 cm³/mol. The normalized spacial score (nSPS) is 12.0. The molecule has 2 N–H and O–H groups in total. The second-order valence-electron chi connectivity index (χ2n) is 8.26. The molecule has 1 amide bonds. The SMILES string of the molecule is Cc1ccc(C)c2c(C)c(C(=O)N(C)Cc3cc(C(C)(C)C)n[nH]3)[nH]c12. The Morgan fingerprint density at radius 3 is 2.38 bits per heavy atom. The van der Waals surface area contributed by atoms with E-state index in [-0.39, 0.29) is 11.3 Å². The third-order valence-corrected chi connectivity index (χ3v) is 4.99. The molecule has 0 saturated carbocycles. The number of benzene rings is 1. The lowest BCUT2D eigenvalue weighted by Crippen LogP contribution is -2.27. The Kier molecular flexibility index (Phi) is 4.42. The molecule has 0 aliphatic carbocycles. The first-order valence-corrected chi connectivity index (χ1v) is 8.98. The van der Waals surface area contributed by atoms with Crippen LogP contribution in [0.4, 0.5) is 0 Å². The van der Waals surface area contributed by atoms with Gasteiger partial charge in [0.25, 0.3) is 5.91 Å². The maximum absolute atomic E-state index is 13.0. The van der Waals surface area contributed by atoms with Gasteiger partial charge < -0.3 is 9.88 Å². The number of hydrogen-bond acceptors (Lipinski definition) is 2. The fraction of sp³-hybridized carbons (Fsp3) is 0.429. The Balaban J connectivity index is 1.88. The Labute approximate surface area is 154 Å². The highest BCUT2D eigenvalue weighted by Crippen LogP contribution is 2.28. The standard InChI is InChI=1S/C21H28N4O/c1-12-8-9-13(2)18-17(12)14(3)19(22-18)20(26)25(7)11-15-10-16(24-23-15)21(4,5)6/h8-10,22H,11H2,1-7H3,(H,23,24). The summed E-state index contributed by atoms with van der Waals surface area (Å²) in [5, 5.41) is 8.58. The van der Waals surface area contributed by atoms with E-state index in [1.807, 2.05) is 20.0 Å². The van der Waals surface area contributed by atoms with Crippen molar-refractivity contribution in [3.05, 3.63) is 52.0 Å². The highest BCUT2D eigenvalue weighted by atomic mass is 16.2. The number of aryl methyl sites for hydroxylation is 3. The van der Waals surface area contributed by atoms with Gasteiger partial charge >= 0.3 is 0 Å². The molecule has 0 unspecified atom stereocenters. The number of hydrogen-bond donors (Lipinski definition) is 2. The van der Waals surface area contributed by atoms with E-state index in [1.165, 1.54) is 5.56 Å². The first-order valence-electron chi connectivity index (χ1n) is 8.98. The summed E-state index contributed by atoms with van der Waals surface area (Å²) < 4.78 is 0.